The number of rotatable bonds is 5. The Morgan fingerprint density at radius 3 is 2.67 bits per heavy atom. The topological polar surface area (TPSA) is 75.6 Å². The number of carbonyl (C=O) groups excluding carboxylic acids is 1. The number of methoxy groups -OCH3 is 1. The van der Waals surface area contributed by atoms with Crippen molar-refractivity contribution in [3.05, 3.63) is 0 Å². The van der Waals surface area contributed by atoms with Crippen LogP contribution >= 0.6 is 0 Å². The van der Waals surface area contributed by atoms with Gasteiger partial charge in [0.2, 0.25) is 5.91 Å². The minimum absolute atomic E-state index is 0.0590. The van der Waals surface area contributed by atoms with Crippen LogP contribution in [-0.2, 0) is 14.3 Å². The zero-order valence-corrected chi connectivity index (χ0v) is 8.86. The van der Waals surface area contributed by atoms with Crippen molar-refractivity contribution in [1.29, 1.82) is 0 Å². The van der Waals surface area contributed by atoms with E-state index in [0.29, 0.717) is 0 Å². The summed E-state index contributed by atoms with van der Waals surface area (Å²) in [5, 5.41) is 11.2. The van der Waals surface area contributed by atoms with Crippen molar-refractivity contribution in [1.82, 2.24) is 5.32 Å². The van der Waals surface area contributed by atoms with Gasteiger partial charge in [-0.3, -0.25) is 9.59 Å². The fourth-order valence-electron chi connectivity index (χ4n) is 1.81. The van der Waals surface area contributed by atoms with Crippen LogP contribution < -0.4 is 5.32 Å². The van der Waals surface area contributed by atoms with Gasteiger partial charge in [-0.1, -0.05) is 0 Å². The van der Waals surface area contributed by atoms with Crippen molar-refractivity contribution < 1.29 is 19.4 Å². The largest absolute Gasteiger partial charge is 0.481 e. The summed E-state index contributed by atoms with van der Waals surface area (Å²) >= 11 is 0. The summed E-state index contributed by atoms with van der Waals surface area (Å²) in [5.41, 5.74) is 0. The third kappa shape index (κ3) is 4.29. The summed E-state index contributed by atoms with van der Waals surface area (Å²) in [7, 11) is 1.67. The normalized spacial score (nSPS) is 25.1. The van der Waals surface area contributed by atoms with Gasteiger partial charge >= 0.3 is 5.97 Å². The Morgan fingerprint density at radius 2 is 2.13 bits per heavy atom. The van der Waals surface area contributed by atoms with Crippen LogP contribution in [0, 0.1) is 0 Å². The van der Waals surface area contributed by atoms with Gasteiger partial charge in [-0.2, -0.15) is 0 Å². The highest BCUT2D eigenvalue weighted by Gasteiger charge is 2.25. The van der Waals surface area contributed by atoms with Crippen LogP contribution in [-0.4, -0.2) is 36.2 Å². The number of carbonyl (C=O) groups is 2. The molecule has 15 heavy (non-hydrogen) atoms. The van der Waals surface area contributed by atoms with Crippen LogP contribution in [0.1, 0.15) is 32.1 Å². The molecule has 0 aromatic heterocycles. The molecule has 2 unspecified atom stereocenters. The van der Waals surface area contributed by atoms with E-state index in [1.807, 2.05) is 0 Å². The Bertz CT molecular complexity index is 242. The van der Waals surface area contributed by atoms with Crippen LogP contribution in [0.3, 0.4) is 0 Å². The van der Waals surface area contributed by atoms with Gasteiger partial charge in [0.25, 0.3) is 0 Å². The number of carboxylic acids is 1. The molecule has 2 atom stereocenters. The number of hydrogen-bond acceptors (Lipinski definition) is 3. The predicted molar refractivity (Wildman–Crippen MR) is 53.4 cm³/mol. The van der Waals surface area contributed by atoms with Crippen molar-refractivity contribution in [3.63, 3.8) is 0 Å². The second kappa shape index (κ2) is 5.70. The highest BCUT2D eigenvalue weighted by atomic mass is 16.5. The van der Waals surface area contributed by atoms with Gasteiger partial charge in [-0.15, -0.1) is 0 Å². The molecule has 0 bridgehead atoms. The minimum Gasteiger partial charge on any atom is -0.481 e. The first kappa shape index (κ1) is 12.0. The van der Waals surface area contributed by atoms with Crippen molar-refractivity contribution in [2.45, 2.75) is 44.2 Å². The van der Waals surface area contributed by atoms with E-state index in [0.717, 1.165) is 19.3 Å². The molecule has 0 aromatic rings. The second-order valence-corrected chi connectivity index (χ2v) is 3.83. The van der Waals surface area contributed by atoms with E-state index in [9.17, 15) is 9.59 Å². The van der Waals surface area contributed by atoms with Crippen molar-refractivity contribution in [2.24, 2.45) is 0 Å². The number of nitrogens with one attached hydrogen (secondary N) is 1. The molecule has 0 spiro atoms. The van der Waals surface area contributed by atoms with Gasteiger partial charge in [0.1, 0.15) is 0 Å². The number of aliphatic carboxylic acids is 1. The average Bonchev–Trinajstić information content (AvgIpc) is 2.62. The van der Waals surface area contributed by atoms with Gasteiger partial charge in [0, 0.05) is 19.6 Å². The zero-order valence-electron chi connectivity index (χ0n) is 8.86. The monoisotopic (exact) mass is 215 g/mol. The molecule has 1 rings (SSSR count). The molecule has 1 amide bonds. The van der Waals surface area contributed by atoms with E-state index >= 15 is 0 Å². The maximum absolute atomic E-state index is 11.3. The van der Waals surface area contributed by atoms with Crippen LogP contribution in [0.5, 0.6) is 0 Å². The summed E-state index contributed by atoms with van der Waals surface area (Å²) in [6.07, 6.45) is 2.89. The first-order valence-electron chi connectivity index (χ1n) is 5.15. The van der Waals surface area contributed by atoms with Crippen LogP contribution in [0.2, 0.25) is 0 Å². The second-order valence-electron chi connectivity index (χ2n) is 3.83. The molecule has 1 fully saturated rings. The van der Waals surface area contributed by atoms with E-state index < -0.39 is 5.97 Å². The van der Waals surface area contributed by atoms with Gasteiger partial charge < -0.3 is 15.2 Å². The Balaban J connectivity index is 2.18. The molecular weight excluding hydrogens is 198 g/mol. The summed E-state index contributed by atoms with van der Waals surface area (Å²) < 4.78 is 5.18. The van der Waals surface area contributed by atoms with E-state index in [2.05, 4.69) is 5.32 Å². The first-order valence-corrected chi connectivity index (χ1v) is 5.15. The van der Waals surface area contributed by atoms with Crippen molar-refractivity contribution in [2.75, 3.05) is 7.11 Å². The lowest BCUT2D eigenvalue weighted by Gasteiger charge is -2.12. The molecule has 2 N–H and O–H groups in total. The summed E-state index contributed by atoms with van der Waals surface area (Å²) in [6, 6.07) is 0.149. The molecule has 1 aliphatic carbocycles. The number of hydrogen-bond donors (Lipinski definition) is 2. The standard InChI is InChI=1S/C10H17NO4/c1-15-8-3-2-7(6-8)11-9(12)4-5-10(13)14/h7-8H,2-6H2,1H3,(H,11,12)(H,13,14). The molecule has 0 aliphatic heterocycles. The fraction of sp³-hybridized carbons (Fsp3) is 0.800. The predicted octanol–water partition coefficient (Wildman–Crippen LogP) is 0.535. The zero-order chi connectivity index (χ0) is 11.3. The van der Waals surface area contributed by atoms with Gasteiger partial charge in [0.05, 0.1) is 12.5 Å². The van der Waals surface area contributed by atoms with E-state index in [1.165, 1.54) is 0 Å². The van der Waals surface area contributed by atoms with E-state index in [1.54, 1.807) is 7.11 Å². The maximum Gasteiger partial charge on any atom is 0.303 e. The van der Waals surface area contributed by atoms with Gasteiger partial charge in [0.15, 0.2) is 0 Å². The summed E-state index contributed by atoms with van der Waals surface area (Å²) in [4.78, 5) is 21.5. The quantitative estimate of drug-likeness (QED) is 0.701. The Labute approximate surface area is 88.8 Å². The van der Waals surface area contributed by atoms with Gasteiger partial charge in [-0.25, -0.2) is 0 Å². The molecule has 1 saturated carbocycles. The lowest BCUT2D eigenvalue weighted by Crippen LogP contribution is -2.33. The molecule has 86 valence electrons. The van der Waals surface area contributed by atoms with Crippen LogP contribution in [0.15, 0.2) is 0 Å². The van der Waals surface area contributed by atoms with Crippen LogP contribution in [0.25, 0.3) is 0 Å². The molecule has 5 heteroatoms. The molecule has 1 aliphatic rings. The Hall–Kier alpha value is -1.10. The number of carboxylic acid groups (broad SMARTS) is 1. The van der Waals surface area contributed by atoms with Crippen molar-refractivity contribution >= 4 is 11.9 Å². The molecular formula is C10H17NO4. The van der Waals surface area contributed by atoms with Gasteiger partial charge in [-0.05, 0) is 19.3 Å². The molecule has 0 aromatic carbocycles. The summed E-state index contributed by atoms with van der Waals surface area (Å²) in [6.45, 7) is 0. The Kier molecular flexibility index (Phi) is 4.55. The third-order valence-electron chi connectivity index (χ3n) is 2.65. The number of amides is 1. The average molecular weight is 215 g/mol. The minimum atomic E-state index is -0.939. The molecule has 0 heterocycles. The van der Waals surface area contributed by atoms with Crippen molar-refractivity contribution in [3.8, 4) is 0 Å². The molecule has 5 nitrogen and oxygen atoms in total. The first-order chi connectivity index (χ1) is 7.11. The molecule has 0 saturated heterocycles. The fourth-order valence-corrected chi connectivity index (χ4v) is 1.81. The smallest absolute Gasteiger partial charge is 0.303 e. The lowest BCUT2D eigenvalue weighted by atomic mass is 10.2. The molecule has 0 radical (unpaired) electrons. The lowest BCUT2D eigenvalue weighted by molar-refractivity contribution is -0.138. The number of ether oxygens (including phenoxy) is 1. The highest BCUT2D eigenvalue weighted by Crippen LogP contribution is 2.21. The SMILES string of the molecule is COC1CCC(NC(=O)CCC(=O)O)C1. The van der Waals surface area contributed by atoms with E-state index in [4.69, 9.17) is 9.84 Å². The highest BCUT2D eigenvalue weighted by molar-refractivity contribution is 5.80. The van der Waals surface area contributed by atoms with E-state index in [-0.39, 0.29) is 30.9 Å². The Morgan fingerprint density at radius 1 is 1.40 bits per heavy atom. The maximum atomic E-state index is 11.3. The van der Waals surface area contributed by atoms with Crippen LogP contribution in [0.4, 0.5) is 0 Å². The summed E-state index contributed by atoms with van der Waals surface area (Å²) in [5.74, 6) is -1.12. The third-order valence-corrected chi connectivity index (χ3v) is 2.65.